The third-order valence-electron chi connectivity index (χ3n) is 1.96. The van der Waals surface area contributed by atoms with Gasteiger partial charge in [-0.1, -0.05) is 0 Å². The highest BCUT2D eigenvalue weighted by atomic mass is 32.2. The van der Waals surface area contributed by atoms with Crippen LogP contribution in [0.3, 0.4) is 0 Å². The molecule has 0 saturated carbocycles. The van der Waals surface area contributed by atoms with E-state index in [1.807, 2.05) is 6.92 Å². The van der Waals surface area contributed by atoms with Crippen LogP contribution >= 0.6 is 11.5 Å². The average molecular weight is 228 g/mol. The van der Waals surface area contributed by atoms with Crippen LogP contribution in [0, 0.1) is 6.92 Å². The van der Waals surface area contributed by atoms with Gasteiger partial charge in [-0.15, -0.1) is 0 Å². The van der Waals surface area contributed by atoms with Crippen LogP contribution in [0.15, 0.2) is 23.1 Å². The first kappa shape index (κ1) is 9.57. The van der Waals surface area contributed by atoms with Crippen LogP contribution in [0.4, 0.5) is 0 Å². The molecule has 0 radical (unpaired) electrons. The lowest BCUT2D eigenvalue weighted by molar-refractivity contribution is 0.598. The van der Waals surface area contributed by atoms with E-state index in [4.69, 9.17) is 5.14 Å². The molecule has 0 spiro atoms. The highest BCUT2D eigenvalue weighted by Gasteiger charge is 2.10. The highest BCUT2D eigenvalue weighted by Crippen LogP contribution is 2.23. The normalized spacial score (nSPS) is 12.1. The molecule has 1 aromatic heterocycles. The van der Waals surface area contributed by atoms with Crippen molar-refractivity contribution in [1.82, 2.24) is 4.37 Å². The topological polar surface area (TPSA) is 73.0 Å². The summed E-state index contributed by atoms with van der Waals surface area (Å²) in [5.74, 6) is 0. The third kappa shape index (κ3) is 1.52. The summed E-state index contributed by atoms with van der Waals surface area (Å²) in [5.41, 5.74) is 0.805. The molecule has 0 amide bonds. The molecule has 2 rings (SSSR count). The molecule has 0 bridgehead atoms. The first-order valence-electron chi connectivity index (χ1n) is 3.87. The largest absolute Gasteiger partial charge is 0.238 e. The molecule has 0 atom stereocenters. The number of nitrogens with zero attached hydrogens (tertiary/aromatic N) is 1. The van der Waals surface area contributed by atoms with Gasteiger partial charge in [-0.2, -0.15) is 4.37 Å². The fraction of sp³-hybridized carbons (Fsp3) is 0.125. The number of rotatable bonds is 1. The summed E-state index contributed by atoms with van der Waals surface area (Å²) < 4.78 is 26.3. The van der Waals surface area contributed by atoms with Crippen LogP contribution < -0.4 is 5.14 Å². The summed E-state index contributed by atoms with van der Waals surface area (Å²) in [7, 11) is -3.61. The number of sulfonamides is 1. The lowest BCUT2D eigenvalue weighted by Gasteiger charge is -1.97. The lowest BCUT2D eigenvalue weighted by Crippen LogP contribution is -2.11. The lowest BCUT2D eigenvalue weighted by atomic mass is 10.2. The quantitative estimate of drug-likeness (QED) is 0.798. The smallest absolute Gasteiger partial charge is 0.225 e. The number of hydrogen-bond acceptors (Lipinski definition) is 4. The number of fused-ring (bicyclic) bond motifs is 1. The molecule has 6 heteroatoms. The zero-order chi connectivity index (χ0) is 10.3. The standard InChI is InChI=1S/C8H8N2O2S2/c1-5-7-4-6(14(9,11)12)2-3-8(7)10-13-5/h2-4H,1H3,(H2,9,11,12). The minimum absolute atomic E-state index is 0.133. The first-order valence-corrected chi connectivity index (χ1v) is 6.19. The molecule has 0 unspecified atom stereocenters. The van der Waals surface area contributed by atoms with Crippen LogP contribution in [0.25, 0.3) is 10.9 Å². The zero-order valence-corrected chi connectivity index (χ0v) is 9.02. The van der Waals surface area contributed by atoms with E-state index in [0.29, 0.717) is 0 Å². The van der Waals surface area contributed by atoms with Gasteiger partial charge in [-0.05, 0) is 36.7 Å². The van der Waals surface area contributed by atoms with Gasteiger partial charge in [0.05, 0.1) is 10.4 Å². The summed E-state index contributed by atoms with van der Waals surface area (Å²) >= 11 is 1.35. The second-order valence-electron chi connectivity index (χ2n) is 2.96. The Morgan fingerprint density at radius 2 is 2.14 bits per heavy atom. The Balaban J connectivity index is 2.79. The Morgan fingerprint density at radius 1 is 1.43 bits per heavy atom. The summed E-state index contributed by atoms with van der Waals surface area (Å²) in [4.78, 5) is 1.12. The van der Waals surface area contributed by atoms with Crippen molar-refractivity contribution >= 4 is 32.5 Å². The van der Waals surface area contributed by atoms with Crippen LogP contribution in [-0.4, -0.2) is 12.8 Å². The van der Waals surface area contributed by atoms with Gasteiger partial charge >= 0.3 is 0 Å². The van der Waals surface area contributed by atoms with E-state index in [-0.39, 0.29) is 4.90 Å². The predicted molar refractivity (Wildman–Crippen MR) is 55.7 cm³/mol. The molecule has 0 fully saturated rings. The van der Waals surface area contributed by atoms with Crippen LogP contribution in [-0.2, 0) is 10.0 Å². The summed E-state index contributed by atoms with van der Waals surface area (Å²) in [6.07, 6.45) is 0. The fourth-order valence-corrected chi connectivity index (χ4v) is 2.42. The molecule has 1 aromatic carbocycles. The average Bonchev–Trinajstić information content (AvgIpc) is 2.46. The molecule has 0 aliphatic heterocycles. The minimum atomic E-state index is -3.61. The van der Waals surface area contributed by atoms with Crippen molar-refractivity contribution in [3.05, 3.63) is 23.1 Å². The molecule has 14 heavy (non-hydrogen) atoms. The van der Waals surface area contributed by atoms with Gasteiger partial charge < -0.3 is 0 Å². The molecular formula is C8H8N2O2S2. The monoisotopic (exact) mass is 228 g/mol. The molecule has 0 aliphatic rings. The number of primary sulfonamides is 1. The number of hydrogen-bond donors (Lipinski definition) is 1. The number of aromatic nitrogens is 1. The van der Waals surface area contributed by atoms with E-state index < -0.39 is 10.0 Å². The Hall–Kier alpha value is -0.980. The molecular weight excluding hydrogens is 220 g/mol. The van der Waals surface area contributed by atoms with E-state index in [1.165, 1.54) is 17.6 Å². The van der Waals surface area contributed by atoms with Crippen molar-refractivity contribution in [3.8, 4) is 0 Å². The van der Waals surface area contributed by atoms with Crippen molar-refractivity contribution < 1.29 is 8.42 Å². The summed E-state index contributed by atoms with van der Waals surface area (Å²) in [6, 6.07) is 4.69. The maximum absolute atomic E-state index is 11.1. The van der Waals surface area contributed by atoms with Crippen LogP contribution in [0.5, 0.6) is 0 Å². The Morgan fingerprint density at radius 3 is 2.79 bits per heavy atom. The van der Waals surface area contributed by atoms with Crippen molar-refractivity contribution in [1.29, 1.82) is 0 Å². The zero-order valence-electron chi connectivity index (χ0n) is 7.39. The predicted octanol–water partition coefficient (Wildman–Crippen LogP) is 1.25. The maximum Gasteiger partial charge on any atom is 0.238 e. The molecule has 0 saturated heterocycles. The second-order valence-corrected chi connectivity index (χ2v) is 5.50. The molecule has 1 heterocycles. The number of aryl methyl sites for hydroxylation is 1. The van der Waals surface area contributed by atoms with Gasteiger partial charge in [0.2, 0.25) is 10.0 Å². The highest BCUT2D eigenvalue weighted by molar-refractivity contribution is 7.89. The van der Waals surface area contributed by atoms with E-state index in [1.54, 1.807) is 12.1 Å². The van der Waals surface area contributed by atoms with Crippen molar-refractivity contribution in [2.24, 2.45) is 5.14 Å². The summed E-state index contributed by atoms with van der Waals surface area (Å²) in [6.45, 7) is 1.90. The molecule has 74 valence electrons. The van der Waals surface area contributed by atoms with Crippen molar-refractivity contribution in [3.63, 3.8) is 0 Å². The third-order valence-corrected chi connectivity index (χ3v) is 3.65. The van der Waals surface area contributed by atoms with E-state index in [0.717, 1.165) is 15.8 Å². The van der Waals surface area contributed by atoms with Gasteiger partial charge in [0.25, 0.3) is 0 Å². The second kappa shape index (κ2) is 3.01. The summed E-state index contributed by atoms with van der Waals surface area (Å²) in [5, 5.41) is 5.87. The van der Waals surface area contributed by atoms with Crippen LogP contribution in [0.1, 0.15) is 4.88 Å². The minimum Gasteiger partial charge on any atom is -0.225 e. The van der Waals surface area contributed by atoms with Gasteiger partial charge in [0.1, 0.15) is 0 Å². The van der Waals surface area contributed by atoms with E-state index in [2.05, 4.69) is 4.37 Å². The van der Waals surface area contributed by atoms with Crippen LogP contribution in [0.2, 0.25) is 0 Å². The number of nitrogens with two attached hydrogens (primary N) is 1. The Kier molecular flexibility index (Phi) is 2.06. The molecule has 0 aliphatic carbocycles. The number of benzene rings is 1. The Bertz CT molecular complexity index is 586. The van der Waals surface area contributed by atoms with Gasteiger partial charge in [0.15, 0.2) is 0 Å². The van der Waals surface area contributed by atoms with Gasteiger partial charge in [-0.25, -0.2) is 13.6 Å². The first-order chi connectivity index (χ1) is 6.48. The molecule has 2 N–H and O–H groups in total. The maximum atomic E-state index is 11.1. The van der Waals surface area contributed by atoms with Gasteiger partial charge in [0, 0.05) is 10.3 Å². The Labute approximate surface area is 85.6 Å². The molecule has 2 aromatic rings. The SMILES string of the molecule is Cc1snc2ccc(S(N)(=O)=O)cc12. The fourth-order valence-electron chi connectivity index (χ4n) is 1.22. The van der Waals surface area contributed by atoms with Gasteiger partial charge in [-0.3, -0.25) is 0 Å². The van der Waals surface area contributed by atoms with E-state index >= 15 is 0 Å². The van der Waals surface area contributed by atoms with Crippen molar-refractivity contribution in [2.45, 2.75) is 11.8 Å². The van der Waals surface area contributed by atoms with E-state index in [9.17, 15) is 8.42 Å². The molecule has 4 nitrogen and oxygen atoms in total. The van der Waals surface area contributed by atoms with Crippen molar-refractivity contribution in [2.75, 3.05) is 0 Å².